The lowest BCUT2D eigenvalue weighted by Crippen LogP contribution is -2.07. The van der Waals surface area contributed by atoms with E-state index in [1.54, 1.807) is 0 Å². The van der Waals surface area contributed by atoms with E-state index in [2.05, 4.69) is 28.5 Å². The van der Waals surface area contributed by atoms with E-state index in [0.29, 0.717) is 0 Å². The number of anilines is 1. The monoisotopic (exact) mass is 367 g/mol. The Hall–Kier alpha value is -2.00. The molecule has 3 aromatic rings. The summed E-state index contributed by atoms with van der Waals surface area (Å²) in [6.07, 6.45) is 9.38. The van der Waals surface area contributed by atoms with Crippen molar-refractivity contribution >= 4 is 28.3 Å². The third-order valence-electron chi connectivity index (χ3n) is 5.45. The summed E-state index contributed by atoms with van der Waals surface area (Å²) in [6, 6.07) is 14.3. The van der Waals surface area contributed by atoms with E-state index in [9.17, 15) is 0 Å². The molecule has 136 valence electrons. The lowest BCUT2D eigenvalue weighted by molar-refractivity contribution is 0.337. The van der Waals surface area contributed by atoms with Gasteiger partial charge >= 0.3 is 0 Å². The Kier molecular flexibility index (Phi) is 5.45. The number of nitrogens with one attached hydrogen (secondary N) is 2. The quantitative estimate of drug-likeness (QED) is 0.533. The molecule has 1 aliphatic carbocycles. The summed E-state index contributed by atoms with van der Waals surface area (Å²) in [5.74, 6) is 2.02. The summed E-state index contributed by atoms with van der Waals surface area (Å²) in [4.78, 5) is 8.28. The summed E-state index contributed by atoms with van der Waals surface area (Å²) in [5, 5.41) is 4.25. The number of H-pyrrole nitrogens is 1. The lowest BCUT2D eigenvalue weighted by atomic mass is 9.86. The maximum atomic E-state index is 5.94. The normalized spacial score (nSPS) is 15.4. The zero-order valence-electron chi connectivity index (χ0n) is 15.1. The molecule has 0 aliphatic heterocycles. The Labute approximate surface area is 160 Å². The van der Waals surface area contributed by atoms with Crippen LogP contribution in [0.1, 0.15) is 49.9 Å². The number of benzene rings is 2. The predicted octanol–water partition coefficient (Wildman–Crippen LogP) is 6.34. The summed E-state index contributed by atoms with van der Waals surface area (Å²) in [7, 11) is 0. The summed E-state index contributed by atoms with van der Waals surface area (Å²) >= 11 is 5.94. The van der Waals surface area contributed by atoms with Crippen LogP contribution in [-0.4, -0.2) is 9.97 Å². The molecule has 0 amide bonds. The Morgan fingerprint density at radius 2 is 1.85 bits per heavy atom. The molecule has 0 spiro atoms. The van der Waals surface area contributed by atoms with E-state index in [4.69, 9.17) is 16.6 Å². The van der Waals surface area contributed by atoms with E-state index >= 15 is 0 Å². The minimum atomic E-state index is 0.772. The number of aromatic amines is 1. The second-order valence-corrected chi connectivity index (χ2v) is 7.87. The van der Waals surface area contributed by atoms with Crippen molar-refractivity contribution in [2.24, 2.45) is 5.92 Å². The molecule has 3 nitrogen and oxygen atoms in total. The molecule has 0 radical (unpaired) electrons. The maximum absolute atomic E-state index is 5.94. The summed E-state index contributed by atoms with van der Waals surface area (Å²) < 4.78 is 0. The van der Waals surface area contributed by atoms with Crippen LogP contribution in [0.25, 0.3) is 11.0 Å². The van der Waals surface area contributed by atoms with Gasteiger partial charge in [0, 0.05) is 23.7 Å². The van der Waals surface area contributed by atoms with Crippen molar-refractivity contribution < 1.29 is 0 Å². The number of hydrogen-bond acceptors (Lipinski definition) is 2. The number of hydrogen-bond donors (Lipinski definition) is 2. The Morgan fingerprint density at radius 1 is 1.04 bits per heavy atom. The van der Waals surface area contributed by atoms with Crippen LogP contribution in [0.3, 0.4) is 0 Å². The molecule has 4 rings (SSSR count). The number of aromatic nitrogens is 2. The Morgan fingerprint density at radius 3 is 2.65 bits per heavy atom. The fourth-order valence-electron chi connectivity index (χ4n) is 3.91. The van der Waals surface area contributed by atoms with Gasteiger partial charge < -0.3 is 10.3 Å². The van der Waals surface area contributed by atoms with Gasteiger partial charge in [-0.3, -0.25) is 0 Å². The van der Waals surface area contributed by atoms with Crippen LogP contribution in [0.15, 0.2) is 42.5 Å². The maximum Gasteiger partial charge on any atom is 0.107 e. The first-order valence-electron chi connectivity index (χ1n) is 9.73. The minimum absolute atomic E-state index is 0.772. The second-order valence-electron chi connectivity index (χ2n) is 7.44. The Bertz CT molecular complexity index is 847. The largest absolute Gasteiger partial charge is 0.381 e. The molecule has 4 heteroatoms. The van der Waals surface area contributed by atoms with E-state index in [1.165, 1.54) is 44.1 Å². The first-order valence-corrected chi connectivity index (χ1v) is 10.1. The highest BCUT2D eigenvalue weighted by Crippen LogP contribution is 2.27. The number of halogens is 1. The highest BCUT2D eigenvalue weighted by molar-refractivity contribution is 6.30. The third-order valence-corrected chi connectivity index (χ3v) is 5.71. The van der Waals surface area contributed by atoms with Crippen molar-refractivity contribution in [2.45, 2.75) is 51.5 Å². The molecule has 0 atom stereocenters. The lowest BCUT2D eigenvalue weighted by Gasteiger charge is -2.20. The van der Waals surface area contributed by atoms with Crippen molar-refractivity contribution in [1.82, 2.24) is 9.97 Å². The zero-order chi connectivity index (χ0) is 17.8. The molecule has 26 heavy (non-hydrogen) atoms. The molecule has 1 saturated carbocycles. The van der Waals surface area contributed by atoms with Crippen LogP contribution >= 0.6 is 11.6 Å². The standard InChI is InChI=1S/C22H26ClN3/c23-18-9-6-17(7-10-18)15-24-19-11-12-20-21(14-19)26-22(25-20)13-8-16-4-2-1-3-5-16/h6-7,9-12,14,16,24H,1-5,8,13,15H2,(H,25,26). The van der Waals surface area contributed by atoms with Crippen LogP contribution in [0.5, 0.6) is 0 Å². The van der Waals surface area contributed by atoms with E-state index in [0.717, 1.165) is 46.5 Å². The fourth-order valence-corrected chi connectivity index (χ4v) is 4.04. The van der Waals surface area contributed by atoms with Crippen LogP contribution in [0, 0.1) is 5.92 Å². The van der Waals surface area contributed by atoms with Gasteiger partial charge in [-0.05, 0) is 48.2 Å². The van der Waals surface area contributed by atoms with Gasteiger partial charge in [0.15, 0.2) is 0 Å². The highest BCUT2D eigenvalue weighted by atomic mass is 35.5. The third kappa shape index (κ3) is 4.39. The molecular weight excluding hydrogens is 342 g/mol. The van der Waals surface area contributed by atoms with Gasteiger partial charge in [-0.25, -0.2) is 4.98 Å². The average molecular weight is 368 g/mol. The predicted molar refractivity (Wildman–Crippen MR) is 110 cm³/mol. The fraction of sp³-hybridized carbons (Fsp3) is 0.409. The smallest absolute Gasteiger partial charge is 0.107 e. The molecule has 1 aromatic heterocycles. The molecule has 2 N–H and O–H groups in total. The molecule has 0 unspecified atom stereocenters. The molecular formula is C22H26ClN3. The van der Waals surface area contributed by atoms with Crippen LogP contribution in [-0.2, 0) is 13.0 Å². The molecule has 2 aromatic carbocycles. The topological polar surface area (TPSA) is 40.7 Å². The van der Waals surface area contributed by atoms with Gasteiger partial charge in [0.1, 0.15) is 5.82 Å². The van der Waals surface area contributed by atoms with Crippen molar-refractivity contribution in [1.29, 1.82) is 0 Å². The average Bonchev–Trinajstić information content (AvgIpc) is 3.09. The number of fused-ring (bicyclic) bond motifs is 1. The molecule has 1 aliphatic rings. The second kappa shape index (κ2) is 8.13. The number of nitrogens with zero attached hydrogens (tertiary/aromatic N) is 1. The first kappa shape index (κ1) is 17.4. The van der Waals surface area contributed by atoms with Crippen LogP contribution in [0.2, 0.25) is 5.02 Å². The number of aryl methyl sites for hydroxylation is 1. The van der Waals surface area contributed by atoms with Crippen LogP contribution < -0.4 is 5.32 Å². The van der Waals surface area contributed by atoms with Gasteiger partial charge in [-0.1, -0.05) is 55.8 Å². The molecule has 0 saturated heterocycles. The van der Waals surface area contributed by atoms with Gasteiger partial charge in [0.05, 0.1) is 11.0 Å². The SMILES string of the molecule is Clc1ccc(CNc2ccc3nc(CCC4CCCCC4)[nH]c3c2)cc1. The number of imidazole rings is 1. The highest BCUT2D eigenvalue weighted by Gasteiger charge is 2.14. The molecule has 1 heterocycles. The van der Waals surface area contributed by atoms with Crippen molar-refractivity contribution in [3.8, 4) is 0 Å². The van der Waals surface area contributed by atoms with Gasteiger partial charge in [0.2, 0.25) is 0 Å². The van der Waals surface area contributed by atoms with E-state index in [1.807, 2.05) is 24.3 Å². The Balaban J connectivity index is 1.37. The van der Waals surface area contributed by atoms with Crippen molar-refractivity contribution in [3.63, 3.8) is 0 Å². The molecule has 0 bridgehead atoms. The van der Waals surface area contributed by atoms with Crippen LogP contribution in [0.4, 0.5) is 5.69 Å². The minimum Gasteiger partial charge on any atom is -0.381 e. The number of rotatable bonds is 6. The van der Waals surface area contributed by atoms with Gasteiger partial charge in [0.25, 0.3) is 0 Å². The zero-order valence-corrected chi connectivity index (χ0v) is 15.9. The summed E-state index contributed by atoms with van der Waals surface area (Å²) in [5.41, 5.74) is 4.49. The van der Waals surface area contributed by atoms with Crippen molar-refractivity contribution in [3.05, 3.63) is 58.9 Å². The van der Waals surface area contributed by atoms with E-state index in [-0.39, 0.29) is 0 Å². The summed E-state index contributed by atoms with van der Waals surface area (Å²) in [6.45, 7) is 0.783. The van der Waals surface area contributed by atoms with Crippen molar-refractivity contribution in [2.75, 3.05) is 5.32 Å². The van der Waals surface area contributed by atoms with Gasteiger partial charge in [-0.2, -0.15) is 0 Å². The first-order chi connectivity index (χ1) is 12.8. The molecule has 1 fully saturated rings. The van der Waals surface area contributed by atoms with E-state index < -0.39 is 0 Å². The van der Waals surface area contributed by atoms with Gasteiger partial charge in [-0.15, -0.1) is 0 Å².